The Morgan fingerprint density at radius 1 is 1.43 bits per heavy atom. The van der Waals surface area contributed by atoms with E-state index in [1.54, 1.807) is 31.3 Å². The Hall–Kier alpha value is -2.74. The van der Waals surface area contributed by atoms with Crippen molar-refractivity contribution >= 4 is 33.3 Å². The topological polar surface area (TPSA) is 110 Å². The molecular formula is C13H12N6OS. The Morgan fingerprint density at radius 3 is 2.95 bits per heavy atom. The van der Waals surface area contributed by atoms with Crippen LogP contribution in [0.4, 0.5) is 5.82 Å². The Morgan fingerprint density at radius 2 is 2.24 bits per heavy atom. The number of nitrogens with zero attached hydrogens (tertiary/aromatic N) is 3. The van der Waals surface area contributed by atoms with Gasteiger partial charge in [0.2, 0.25) is 0 Å². The normalized spacial score (nSPS) is 10.7. The Kier molecular flexibility index (Phi) is 3.15. The van der Waals surface area contributed by atoms with Crippen molar-refractivity contribution in [2.75, 3.05) is 11.2 Å². The van der Waals surface area contributed by atoms with Gasteiger partial charge in [-0.15, -0.1) is 11.3 Å². The summed E-state index contributed by atoms with van der Waals surface area (Å²) in [4.78, 5) is 21.7. The van der Waals surface area contributed by atoms with E-state index in [2.05, 4.69) is 15.3 Å². The van der Waals surface area contributed by atoms with Crippen LogP contribution < -0.4 is 16.6 Å². The number of amides is 1. The zero-order valence-electron chi connectivity index (χ0n) is 11.1. The van der Waals surface area contributed by atoms with Crippen LogP contribution in [0.1, 0.15) is 15.2 Å². The van der Waals surface area contributed by atoms with E-state index in [0.29, 0.717) is 26.5 Å². The first-order valence-corrected chi connectivity index (χ1v) is 6.92. The smallest absolute Gasteiger partial charge is 0.267 e. The molecule has 0 fully saturated rings. The number of aryl methyl sites for hydroxylation is 1. The molecule has 0 atom stereocenters. The molecule has 0 saturated heterocycles. The number of pyridine rings is 1. The van der Waals surface area contributed by atoms with Crippen LogP contribution in [0.3, 0.4) is 0 Å². The Bertz CT molecular complexity index is 883. The minimum absolute atomic E-state index is 0.130. The number of nitrogen functional groups attached to an aromatic ring is 1. The molecule has 0 aromatic carbocycles. The minimum atomic E-state index is -0.267. The molecule has 0 aliphatic heterocycles. The molecule has 8 heteroatoms. The minimum Gasteiger partial charge on any atom is -0.336 e. The van der Waals surface area contributed by atoms with E-state index in [-0.39, 0.29) is 11.4 Å². The lowest BCUT2D eigenvalue weighted by Crippen LogP contribution is -2.27. The quantitative estimate of drug-likeness (QED) is 0.618. The molecule has 106 valence electrons. The highest BCUT2D eigenvalue weighted by molar-refractivity contribution is 7.20. The first-order valence-electron chi connectivity index (χ1n) is 6.10. The maximum absolute atomic E-state index is 12.3. The lowest BCUT2D eigenvalue weighted by molar-refractivity contribution is 0.102. The number of hydrogen-bond donors (Lipinski definition) is 3. The second-order valence-corrected chi connectivity index (χ2v) is 5.40. The summed E-state index contributed by atoms with van der Waals surface area (Å²) in [6.07, 6.45) is 2.97. The summed E-state index contributed by atoms with van der Waals surface area (Å²) in [6, 6.07) is 5.28. The van der Waals surface area contributed by atoms with Crippen molar-refractivity contribution in [2.45, 2.75) is 6.92 Å². The van der Waals surface area contributed by atoms with E-state index in [1.807, 2.05) is 0 Å². The number of nitrogens with one attached hydrogen (secondary N) is 2. The van der Waals surface area contributed by atoms with Crippen molar-refractivity contribution in [1.82, 2.24) is 14.6 Å². The van der Waals surface area contributed by atoms with E-state index >= 15 is 0 Å². The fourth-order valence-electron chi connectivity index (χ4n) is 2.00. The number of carbonyl (C=O) groups excluding carboxylic acids is 1. The van der Waals surface area contributed by atoms with Crippen molar-refractivity contribution in [2.24, 2.45) is 0 Å². The van der Waals surface area contributed by atoms with Gasteiger partial charge in [-0.05, 0) is 24.6 Å². The van der Waals surface area contributed by atoms with E-state index < -0.39 is 0 Å². The van der Waals surface area contributed by atoms with Gasteiger partial charge in [0, 0.05) is 6.20 Å². The van der Waals surface area contributed by atoms with Gasteiger partial charge in [0.1, 0.15) is 17.0 Å². The number of thiophene rings is 1. The van der Waals surface area contributed by atoms with E-state index in [1.165, 1.54) is 17.7 Å². The van der Waals surface area contributed by atoms with Gasteiger partial charge in [-0.2, -0.15) is 0 Å². The third-order valence-corrected chi connectivity index (χ3v) is 4.23. The molecule has 21 heavy (non-hydrogen) atoms. The largest absolute Gasteiger partial charge is 0.336 e. The number of anilines is 1. The molecular weight excluding hydrogens is 288 g/mol. The monoisotopic (exact) mass is 300 g/mol. The van der Waals surface area contributed by atoms with Crippen molar-refractivity contribution in [1.29, 1.82) is 5.41 Å². The van der Waals surface area contributed by atoms with Crippen molar-refractivity contribution in [3.05, 3.63) is 46.7 Å². The Balaban J connectivity index is 2.05. The molecule has 3 aromatic heterocycles. The van der Waals surface area contributed by atoms with Crippen LogP contribution >= 0.6 is 11.3 Å². The summed E-state index contributed by atoms with van der Waals surface area (Å²) < 4.78 is 1.13. The van der Waals surface area contributed by atoms with Gasteiger partial charge in [0.15, 0.2) is 5.49 Å². The van der Waals surface area contributed by atoms with Crippen LogP contribution in [-0.2, 0) is 0 Å². The van der Waals surface area contributed by atoms with Crippen molar-refractivity contribution in [3.8, 4) is 0 Å². The number of carbonyl (C=O) groups is 1. The summed E-state index contributed by atoms with van der Waals surface area (Å²) in [5.41, 5.74) is 0.825. The molecule has 0 bridgehead atoms. The highest BCUT2D eigenvalue weighted by Gasteiger charge is 2.18. The van der Waals surface area contributed by atoms with Crippen LogP contribution in [0.15, 0.2) is 30.7 Å². The standard InChI is InChI=1S/C13H12N6OS/c1-7-9-11(14)19(15)6-17-13(9)21-10(7)12(20)18-8-4-2-3-5-16-8/h2-6,14H,15H2,1H3,(H,16,18,20). The van der Waals surface area contributed by atoms with Gasteiger partial charge in [-0.3, -0.25) is 10.2 Å². The van der Waals surface area contributed by atoms with Gasteiger partial charge in [0.25, 0.3) is 5.91 Å². The average molecular weight is 300 g/mol. The third kappa shape index (κ3) is 2.25. The van der Waals surface area contributed by atoms with Crippen LogP contribution in [0, 0.1) is 12.3 Å². The average Bonchev–Trinajstić information content (AvgIpc) is 2.82. The lowest BCUT2D eigenvalue weighted by atomic mass is 10.2. The molecule has 0 saturated carbocycles. The highest BCUT2D eigenvalue weighted by atomic mass is 32.1. The predicted molar refractivity (Wildman–Crippen MR) is 80.5 cm³/mol. The second-order valence-electron chi connectivity index (χ2n) is 4.41. The summed E-state index contributed by atoms with van der Waals surface area (Å²) in [5.74, 6) is 5.84. The van der Waals surface area contributed by atoms with Crippen LogP contribution in [0.5, 0.6) is 0 Å². The zero-order valence-corrected chi connectivity index (χ0v) is 11.9. The van der Waals surface area contributed by atoms with Gasteiger partial charge < -0.3 is 11.2 Å². The maximum atomic E-state index is 12.3. The number of fused-ring (bicyclic) bond motifs is 1. The molecule has 0 aliphatic carbocycles. The summed E-state index contributed by atoms with van der Waals surface area (Å²) in [5, 5.41) is 11.3. The zero-order chi connectivity index (χ0) is 15.0. The van der Waals surface area contributed by atoms with E-state index in [0.717, 1.165) is 4.68 Å². The fourth-order valence-corrected chi connectivity index (χ4v) is 3.04. The van der Waals surface area contributed by atoms with Crippen LogP contribution in [0.25, 0.3) is 10.2 Å². The number of rotatable bonds is 2. The summed E-state index contributed by atoms with van der Waals surface area (Å²) >= 11 is 1.23. The third-order valence-electron chi connectivity index (χ3n) is 3.04. The van der Waals surface area contributed by atoms with Crippen LogP contribution in [0.2, 0.25) is 0 Å². The molecule has 0 radical (unpaired) electrons. The van der Waals surface area contributed by atoms with E-state index in [4.69, 9.17) is 11.3 Å². The SMILES string of the molecule is Cc1c(C(=O)Nc2ccccn2)sc2ncn(N)c(=N)c12. The number of aromatic nitrogens is 3. The number of hydrogen-bond acceptors (Lipinski definition) is 6. The maximum Gasteiger partial charge on any atom is 0.267 e. The van der Waals surface area contributed by atoms with Crippen molar-refractivity contribution in [3.63, 3.8) is 0 Å². The first-order chi connectivity index (χ1) is 10.1. The fraction of sp³-hybridized carbons (Fsp3) is 0.0769. The van der Waals surface area contributed by atoms with Crippen LogP contribution in [-0.4, -0.2) is 20.6 Å². The molecule has 0 aliphatic rings. The molecule has 0 unspecified atom stereocenters. The molecule has 7 nitrogen and oxygen atoms in total. The molecule has 4 N–H and O–H groups in total. The first kappa shape index (κ1) is 13.3. The number of nitrogens with two attached hydrogens (primary N) is 1. The van der Waals surface area contributed by atoms with Gasteiger partial charge in [-0.1, -0.05) is 6.07 Å². The predicted octanol–water partition coefficient (Wildman–Crippen LogP) is 1.25. The highest BCUT2D eigenvalue weighted by Crippen LogP contribution is 2.27. The molecule has 3 heterocycles. The van der Waals surface area contributed by atoms with Crippen molar-refractivity contribution < 1.29 is 4.79 Å². The van der Waals surface area contributed by atoms with Gasteiger partial charge in [-0.25, -0.2) is 14.6 Å². The summed E-state index contributed by atoms with van der Waals surface area (Å²) in [6.45, 7) is 1.78. The second kappa shape index (κ2) is 4.98. The molecule has 3 aromatic rings. The molecule has 1 amide bonds. The van der Waals surface area contributed by atoms with Gasteiger partial charge in [0.05, 0.1) is 10.3 Å². The molecule has 3 rings (SSSR count). The van der Waals surface area contributed by atoms with E-state index in [9.17, 15) is 4.79 Å². The van der Waals surface area contributed by atoms with Gasteiger partial charge >= 0.3 is 0 Å². The Labute approximate surface area is 123 Å². The summed E-state index contributed by atoms with van der Waals surface area (Å²) in [7, 11) is 0. The lowest BCUT2D eigenvalue weighted by Gasteiger charge is -2.02. The molecule has 0 spiro atoms.